The summed E-state index contributed by atoms with van der Waals surface area (Å²) in [6, 6.07) is 47.8. The minimum Gasteiger partial charge on any atom is -0.504 e. The van der Waals surface area contributed by atoms with Gasteiger partial charge >= 0.3 is 41.6 Å². The fourth-order valence-electron chi connectivity index (χ4n) is 10.4. The largest absolute Gasteiger partial charge is 0.514 e. The van der Waals surface area contributed by atoms with E-state index < -0.39 is 41.6 Å². The number of nitrogens with zero attached hydrogens (tertiary/aromatic N) is 1. The average Bonchev–Trinajstić information content (AvgIpc) is 1.67. The first kappa shape index (κ1) is 94.9. The van der Waals surface area contributed by atoms with Crippen molar-refractivity contribution in [2.45, 2.75) is 92.0 Å². The Hall–Kier alpha value is -12.0. The number of methoxy groups -OCH3 is 8. The van der Waals surface area contributed by atoms with Gasteiger partial charge < -0.3 is 76.7 Å². The van der Waals surface area contributed by atoms with Gasteiger partial charge in [-0.05, 0) is 106 Å². The quantitative estimate of drug-likeness (QED) is 0.0134. The van der Waals surface area contributed by atoms with E-state index in [9.17, 15) is 63.0 Å². The van der Waals surface area contributed by atoms with Crippen molar-refractivity contribution in [2.24, 2.45) is 0 Å². The number of carbonyl (C=O) groups excluding carboxylic acids is 11. The molecule has 4 heterocycles. The highest BCUT2D eigenvalue weighted by atomic mass is 35.5. The van der Waals surface area contributed by atoms with E-state index in [0.29, 0.717) is 47.9 Å². The molecule has 11 aromatic rings. The lowest BCUT2D eigenvalue weighted by Gasteiger charge is -2.13. The Bertz CT molecular complexity index is 4900. The molecule has 32 heteroatoms. The summed E-state index contributed by atoms with van der Waals surface area (Å²) in [7, 11) is 11.0. The lowest BCUT2D eigenvalue weighted by molar-refractivity contribution is -0.141. The van der Waals surface area contributed by atoms with Crippen LogP contribution in [0.25, 0.3) is 40.3 Å². The molecule has 0 saturated carbocycles. The van der Waals surface area contributed by atoms with E-state index >= 15 is 0 Å². The number of phenols is 2. The first-order valence-corrected chi connectivity index (χ1v) is 40.0. The minimum absolute atomic E-state index is 0.0223. The van der Waals surface area contributed by atoms with Gasteiger partial charge in [0.25, 0.3) is 0 Å². The van der Waals surface area contributed by atoms with E-state index in [1.165, 1.54) is 122 Å². The number of ketones is 4. The van der Waals surface area contributed by atoms with Gasteiger partial charge in [-0.1, -0.05) is 112 Å². The van der Waals surface area contributed by atoms with Crippen LogP contribution in [0.4, 0.5) is 14.4 Å². The summed E-state index contributed by atoms with van der Waals surface area (Å²) >= 11 is 10.1. The first-order chi connectivity index (χ1) is 56.7. The van der Waals surface area contributed by atoms with Gasteiger partial charge in [0.2, 0.25) is 0 Å². The van der Waals surface area contributed by atoms with Crippen molar-refractivity contribution in [3.8, 4) is 46.0 Å². The van der Waals surface area contributed by atoms with Crippen LogP contribution in [-0.4, -0.2) is 156 Å². The lowest BCUT2D eigenvalue weighted by atomic mass is 10.1. The molecule has 4 aromatic heterocycles. The topological polar surface area (TPSA) is 351 Å². The maximum absolute atomic E-state index is 12.3. The third-order valence-electron chi connectivity index (χ3n) is 16.8. The molecule has 7 aromatic carbocycles. The number of thiophene rings is 4. The Labute approximate surface area is 701 Å². The monoisotopic (exact) mass is 1720 g/mol. The number of carbonyl (C=O) groups is 11. The van der Waals surface area contributed by atoms with Crippen molar-refractivity contribution in [3.05, 3.63) is 200 Å². The van der Waals surface area contributed by atoms with Crippen LogP contribution in [-0.2, 0) is 72.2 Å². The highest BCUT2D eigenvalue weighted by Gasteiger charge is 2.22. The molecule has 0 radical (unpaired) electrons. The number of Topliss-reactive ketones (excluding diaryl/α,β-unsaturated/α-hetero) is 4. The van der Waals surface area contributed by atoms with Crippen molar-refractivity contribution in [3.63, 3.8) is 0 Å². The van der Waals surface area contributed by atoms with Gasteiger partial charge in [0.15, 0.2) is 69.1 Å². The zero-order valence-electron chi connectivity index (χ0n) is 66.6. The van der Waals surface area contributed by atoms with E-state index in [4.69, 9.17) is 49.5 Å². The molecule has 0 bridgehead atoms. The lowest BCUT2D eigenvalue weighted by Crippen LogP contribution is -2.21. The number of aromatic hydroxyl groups is 2. The van der Waals surface area contributed by atoms with Gasteiger partial charge in [-0.3, -0.25) is 38.4 Å². The normalized spacial score (nSPS) is 10.3. The summed E-state index contributed by atoms with van der Waals surface area (Å²) in [5, 5.41) is 22.5. The van der Waals surface area contributed by atoms with Crippen LogP contribution in [0.5, 0.6) is 46.0 Å². The van der Waals surface area contributed by atoms with Crippen LogP contribution >= 0.6 is 56.9 Å². The Morgan fingerprint density at radius 2 is 0.585 bits per heavy atom. The van der Waals surface area contributed by atoms with Gasteiger partial charge in [-0.2, -0.15) is 0 Å². The van der Waals surface area contributed by atoms with Gasteiger partial charge in [0.05, 0.1) is 102 Å². The molecule has 0 amide bonds. The van der Waals surface area contributed by atoms with Crippen LogP contribution in [0.1, 0.15) is 128 Å². The molecule has 0 spiro atoms. The third-order valence-corrected chi connectivity index (χ3v) is 21.5. The number of halogens is 1. The van der Waals surface area contributed by atoms with Crippen LogP contribution in [0.3, 0.4) is 0 Å². The maximum atomic E-state index is 12.3. The Morgan fingerprint density at radius 3 is 0.898 bits per heavy atom. The van der Waals surface area contributed by atoms with E-state index in [2.05, 4.69) is 49.4 Å². The van der Waals surface area contributed by atoms with E-state index in [0.717, 1.165) is 51.6 Å². The summed E-state index contributed by atoms with van der Waals surface area (Å²) in [5.41, 5.74) is 1.84. The second-order valence-corrected chi connectivity index (χ2v) is 29.2. The molecule has 0 aliphatic heterocycles. The molecular weight excluding hydrogens is 1630 g/mol. The molecule has 0 saturated heterocycles. The number of fused-ring (bicyclic) bond motifs is 4. The number of rotatable bonds is 31. The predicted molar refractivity (Wildman–Crippen MR) is 450 cm³/mol. The smallest absolute Gasteiger partial charge is 0.504 e. The Balaban J connectivity index is 0.000000231. The van der Waals surface area contributed by atoms with Crippen molar-refractivity contribution < 1.29 is 125 Å². The van der Waals surface area contributed by atoms with Crippen LogP contribution in [0.15, 0.2) is 164 Å². The van der Waals surface area contributed by atoms with Crippen LogP contribution in [0, 0.1) is 0 Å². The Kier molecular flexibility index (Phi) is 40.0. The maximum Gasteiger partial charge on any atom is 0.514 e. The molecule has 0 aliphatic carbocycles. The predicted octanol–water partition coefficient (Wildman–Crippen LogP) is 18.9. The average molecular weight is 1720 g/mol. The van der Waals surface area contributed by atoms with Crippen molar-refractivity contribution in [1.29, 1.82) is 0 Å². The number of hydrogen-bond donors (Lipinski definition) is 2. The molecule has 626 valence electrons. The standard InChI is InChI=1S/2C22H20O7S.2C14H14O5S.C8H7ClO2.C6H15N/c1-26-17-12-19-15(11-20(30-19)16(23)8-9-21(24)27-2)10-18(17)29-22(25)28-13-14-6-4-3-5-7-14;1-26-17-10-15-11-20(16(23)8-9-21(24)27-2)30-19(15)12-18(17)29-22(25)28-13-14-6-4-3-5-7-14;1-18-11-5-8-6-13(20-12(8)7-10(11)16)9(15)3-4-14(17)19-2;1-18-11-7-12-8(5-10(11)16)6-13(20-12)9(15)3-4-14(17)19-2;9-8(10)11-6-7-4-2-1-3-5-7;1-4-7(5-2)6-3/h2*3-7,10-12H,8-9,13H2,1-2H3;2*5-7,16H,3-4H2,1-2H3;1-5H,6H2;4-6H2,1-3H3. The highest BCUT2D eigenvalue weighted by Crippen LogP contribution is 2.41. The van der Waals surface area contributed by atoms with E-state index in [1.807, 2.05) is 91.0 Å². The number of hydrogen-bond acceptors (Lipinski definition) is 31. The number of benzene rings is 7. The minimum atomic E-state index is -0.860. The second-order valence-electron chi connectivity index (χ2n) is 24.5. The molecule has 27 nitrogen and oxygen atoms in total. The molecule has 0 fully saturated rings. The number of ether oxygens (including phenoxy) is 13. The van der Waals surface area contributed by atoms with Gasteiger partial charge in [-0.25, -0.2) is 14.4 Å². The highest BCUT2D eigenvalue weighted by molar-refractivity contribution is 7.22. The SMILES string of the molecule is CCN(CC)CC.COC(=O)CCC(=O)c1cc2cc(O)c(OC)cc2s1.COC(=O)CCC(=O)c1cc2cc(OC(=O)OCc3ccccc3)c(OC)cc2s1.COC(=O)CCC(=O)c1cc2cc(OC)c(O)cc2s1.COC(=O)CCC(=O)c1cc2cc(OC)c(OC(=O)OCc3ccccc3)cc2s1.O=C(Cl)OCc1ccccc1. The van der Waals surface area contributed by atoms with Gasteiger partial charge in [0.1, 0.15) is 19.8 Å². The summed E-state index contributed by atoms with van der Waals surface area (Å²) < 4.78 is 67.4. The zero-order valence-corrected chi connectivity index (χ0v) is 70.7. The second kappa shape index (κ2) is 49.8. The summed E-state index contributed by atoms with van der Waals surface area (Å²) in [4.78, 5) is 132. The van der Waals surface area contributed by atoms with Crippen LogP contribution in [0.2, 0.25) is 0 Å². The molecule has 0 atom stereocenters. The Morgan fingerprint density at radius 1 is 0.322 bits per heavy atom. The summed E-state index contributed by atoms with van der Waals surface area (Å²) in [6.45, 7) is 10.5. The van der Waals surface area contributed by atoms with Crippen molar-refractivity contribution >= 4 is 162 Å². The van der Waals surface area contributed by atoms with Gasteiger partial charge in [0, 0.05) is 80.3 Å². The van der Waals surface area contributed by atoms with Crippen molar-refractivity contribution in [2.75, 3.05) is 76.5 Å². The molecular formula is C86H90ClNO26S4. The van der Waals surface area contributed by atoms with Gasteiger partial charge in [-0.15, -0.1) is 45.3 Å². The molecule has 0 unspecified atom stereocenters. The number of esters is 4. The zero-order chi connectivity index (χ0) is 86.2. The van der Waals surface area contributed by atoms with Crippen LogP contribution < -0.4 is 28.4 Å². The van der Waals surface area contributed by atoms with Crippen molar-refractivity contribution in [1.82, 2.24) is 4.90 Å². The molecule has 118 heavy (non-hydrogen) atoms. The molecule has 11 rings (SSSR count). The molecule has 0 aliphatic rings. The van der Waals surface area contributed by atoms with E-state index in [1.54, 1.807) is 72.8 Å². The summed E-state index contributed by atoms with van der Waals surface area (Å²) in [6.07, 6.45) is -1.19. The fourth-order valence-corrected chi connectivity index (χ4v) is 14.6. The fraction of sp³-hybridized carbons (Fsp3) is 0.291. The molecule has 2 N–H and O–H groups in total. The summed E-state index contributed by atoms with van der Waals surface area (Å²) in [5.74, 6) is -0.364. The first-order valence-electron chi connectivity index (χ1n) is 36.3. The third kappa shape index (κ3) is 30.9. The number of phenolic OH excluding ortho intramolecular Hbond substituents is 2. The van der Waals surface area contributed by atoms with E-state index in [-0.39, 0.29) is 117 Å².